The molecule has 0 aliphatic rings. The first kappa shape index (κ1) is 13.5. The van der Waals surface area contributed by atoms with E-state index in [1.54, 1.807) is 7.11 Å². The number of halogens is 1. The van der Waals surface area contributed by atoms with Gasteiger partial charge in [0, 0.05) is 6.54 Å². The molecule has 2 nitrogen and oxygen atoms in total. The molecule has 0 aliphatic carbocycles. The van der Waals surface area contributed by atoms with Gasteiger partial charge in [-0.15, -0.1) is 0 Å². The van der Waals surface area contributed by atoms with Crippen molar-refractivity contribution < 1.29 is 4.74 Å². The molecule has 90 valence electrons. The number of alkyl halides is 1. The molecule has 0 N–H and O–H groups in total. The molecule has 0 saturated heterocycles. The van der Waals surface area contributed by atoms with Crippen molar-refractivity contribution >= 4 is 15.9 Å². The quantitative estimate of drug-likeness (QED) is 0.588. The zero-order chi connectivity index (χ0) is 12.0. The Morgan fingerprint density at radius 1 is 1.38 bits per heavy atom. The van der Waals surface area contributed by atoms with E-state index >= 15 is 0 Å². The summed E-state index contributed by atoms with van der Waals surface area (Å²) in [6.45, 7) is 3.23. The van der Waals surface area contributed by atoms with Gasteiger partial charge < -0.3 is 4.74 Å². The third-order valence-electron chi connectivity index (χ3n) is 2.71. The average molecular weight is 286 g/mol. The van der Waals surface area contributed by atoms with E-state index in [0.29, 0.717) is 0 Å². The maximum Gasteiger partial charge on any atom is 0.122 e. The number of likely N-dealkylation sites (N-methyl/N-ethyl adjacent to an activating group) is 1. The summed E-state index contributed by atoms with van der Waals surface area (Å²) in [7, 11) is 3.84. The summed E-state index contributed by atoms with van der Waals surface area (Å²) < 4.78 is 5.32. The minimum Gasteiger partial charge on any atom is -0.496 e. The van der Waals surface area contributed by atoms with Gasteiger partial charge in [-0.25, -0.2) is 0 Å². The molecule has 0 fully saturated rings. The van der Waals surface area contributed by atoms with Crippen LogP contribution in [-0.4, -0.2) is 31.1 Å². The lowest BCUT2D eigenvalue weighted by atomic mass is 10.1. The number of rotatable bonds is 6. The maximum absolute atomic E-state index is 5.32. The summed E-state index contributed by atoms with van der Waals surface area (Å²) >= 11 is 3.45. The number of aryl methyl sites for hydroxylation is 1. The molecule has 0 bridgehead atoms. The molecule has 0 saturated carbocycles. The largest absolute Gasteiger partial charge is 0.496 e. The van der Waals surface area contributed by atoms with E-state index in [4.69, 9.17) is 4.74 Å². The molecule has 1 rings (SSSR count). The van der Waals surface area contributed by atoms with Crippen molar-refractivity contribution in [1.82, 2.24) is 4.90 Å². The second-order valence-electron chi connectivity index (χ2n) is 3.95. The van der Waals surface area contributed by atoms with Crippen LogP contribution in [0.15, 0.2) is 18.2 Å². The normalized spacial score (nSPS) is 10.8. The predicted octanol–water partition coefficient (Wildman–Crippen LogP) is 3.08. The molecule has 16 heavy (non-hydrogen) atoms. The minimum atomic E-state index is 0.920. The predicted molar refractivity (Wildman–Crippen MR) is 72.5 cm³/mol. The van der Waals surface area contributed by atoms with Crippen LogP contribution in [0.1, 0.15) is 18.1 Å². The van der Waals surface area contributed by atoms with Crippen molar-refractivity contribution in [2.75, 3.05) is 26.2 Å². The molecule has 0 amide bonds. The SMILES string of the molecule is CCc1cc(CCN(C)CBr)ccc1OC. The maximum atomic E-state index is 5.32. The molecule has 0 atom stereocenters. The number of methoxy groups -OCH3 is 1. The monoisotopic (exact) mass is 285 g/mol. The Kier molecular flexibility index (Phi) is 5.85. The summed E-state index contributed by atoms with van der Waals surface area (Å²) in [5.41, 5.74) is 3.59. The van der Waals surface area contributed by atoms with Gasteiger partial charge >= 0.3 is 0 Å². The highest BCUT2D eigenvalue weighted by atomic mass is 79.9. The first-order chi connectivity index (χ1) is 7.71. The number of nitrogens with zero attached hydrogens (tertiary/aromatic N) is 1. The lowest BCUT2D eigenvalue weighted by molar-refractivity contribution is 0.400. The van der Waals surface area contributed by atoms with Crippen LogP contribution in [0.5, 0.6) is 5.75 Å². The number of ether oxygens (including phenoxy) is 1. The van der Waals surface area contributed by atoms with E-state index in [1.807, 2.05) is 0 Å². The number of hydrogen-bond donors (Lipinski definition) is 0. The fourth-order valence-corrected chi connectivity index (χ4v) is 1.89. The van der Waals surface area contributed by atoms with Gasteiger partial charge in [0.2, 0.25) is 0 Å². The third kappa shape index (κ3) is 3.80. The summed E-state index contributed by atoms with van der Waals surface area (Å²) in [4.78, 5) is 2.25. The standard InChI is InChI=1S/C13H20BrNO/c1-4-12-9-11(5-6-13(12)16-3)7-8-15(2)10-14/h5-6,9H,4,7-8,10H2,1-3H3. The van der Waals surface area contributed by atoms with Crippen LogP contribution in [0.4, 0.5) is 0 Å². The first-order valence-electron chi connectivity index (χ1n) is 5.61. The summed E-state index contributed by atoms with van der Waals surface area (Å²) in [5.74, 6) is 1.00. The summed E-state index contributed by atoms with van der Waals surface area (Å²) in [5, 5.41) is 0. The van der Waals surface area contributed by atoms with Gasteiger partial charge in [-0.2, -0.15) is 0 Å². The zero-order valence-corrected chi connectivity index (χ0v) is 11.9. The Bertz CT molecular complexity index is 328. The highest BCUT2D eigenvalue weighted by molar-refractivity contribution is 9.09. The van der Waals surface area contributed by atoms with Gasteiger partial charge in [0.25, 0.3) is 0 Å². The third-order valence-corrected chi connectivity index (χ3v) is 3.57. The van der Waals surface area contributed by atoms with Crippen LogP contribution in [0, 0.1) is 0 Å². The van der Waals surface area contributed by atoms with Crippen molar-refractivity contribution in [2.45, 2.75) is 19.8 Å². The van der Waals surface area contributed by atoms with E-state index in [0.717, 1.165) is 30.6 Å². The fraction of sp³-hybridized carbons (Fsp3) is 0.538. The minimum absolute atomic E-state index is 0.920. The topological polar surface area (TPSA) is 12.5 Å². The molecule has 0 radical (unpaired) electrons. The molecule has 0 unspecified atom stereocenters. The van der Waals surface area contributed by atoms with E-state index in [9.17, 15) is 0 Å². The van der Waals surface area contributed by atoms with Gasteiger partial charge in [-0.05, 0) is 37.1 Å². The van der Waals surface area contributed by atoms with Crippen molar-refractivity contribution in [3.8, 4) is 5.75 Å². The molecule has 0 spiro atoms. The molecule has 0 aromatic heterocycles. The average Bonchev–Trinajstić information content (AvgIpc) is 2.35. The molecule has 3 heteroatoms. The van der Waals surface area contributed by atoms with E-state index in [1.165, 1.54) is 11.1 Å². The van der Waals surface area contributed by atoms with Crippen molar-refractivity contribution in [1.29, 1.82) is 0 Å². The van der Waals surface area contributed by atoms with Crippen molar-refractivity contribution in [3.63, 3.8) is 0 Å². The summed E-state index contributed by atoms with van der Waals surface area (Å²) in [6, 6.07) is 6.48. The molecule has 1 aromatic rings. The second kappa shape index (κ2) is 6.92. The fourth-order valence-electron chi connectivity index (χ4n) is 1.64. The van der Waals surface area contributed by atoms with Crippen LogP contribution in [0.25, 0.3) is 0 Å². The first-order valence-corrected chi connectivity index (χ1v) is 6.73. The molecule has 0 heterocycles. The smallest absolute Gasteiger partial charge is 0.122 e. The van der Waals surface area contributed by atoms with Crippen LogP contribution in [0.3, 0.4) is 0 Å². The van der Waals surface area contributed by atoms with Gasteiger partial charge in [0.1, 0.15) is 5.75 Å². The number of benzene rings is 1. The highest BCUT2D eigenvalue weighted by Gasteiger charge is 2.03. The van der Waals surface area contributed by atoms with Crippen molar-refractivity contribution in [3.05, 3.63) is 29.3 Å². The second-order valence-corrected chi connectivity index (χ2v) is 4.45. The van der Waals surface area contributed by atoms with Crippen LogP contribution in [0.2, 0.25) is 0 Å². The van der Waals surface area contributed by atoms with Gasteiger partial charge in [0.05, 0.1) is 12.6 Å². The summed E-state index contributed by atoms with van der Waals surface area (Å²) in [6.07, 6.45) is 2.10. The van der Waals surface area contributed by atoms with E-state index in [-0.39, 0.29) is 0 Å². The van der Waals surface area contributed by atoms with Crippen molar-refractivity contribution in [2.24, 2.45) is 0 Å². The van der Waals surface area contributed by atoms with Crippen LogP contribution in [-0.2, 0) is 12.8 Å². The Morgan fingerprint density at radius 3 is 2.69 bits per heavy atom. The van der Waals surface area contributed by atoms with E-state index < -0.39 is 0 Å². The molecule has 0 aliphatic heterocycles. The Labute approximate surface area is 107 Å². The Morgan fingerprint density at radius 2 is 2.12 bits per heavy atom. The number of hydrogen-bond acceptors (Lipinski definition) is 2. The van der Waals surface area contributed by atoms with Crippen LogP contribution >= 0.6 is 15.9 Å². The Hall–Kier alpha value is -0.540. The highest BCUT2D eigenvalue weighted by Crippen LogP contribution is 2.20. The lowest BCUT2D eigenvalue weighted by Crippen LogP contribution is -2.19. The van der Waals surface area contributed by atoms with Gasteiger partial charge in [-0.1, -0.05) is 35.0 Å². The van der Waals surface area contributed by atoms with Gasteiger partial charge in [-0.3, -0.25) is 4.90 Å². The van der Waals surface area contributed by atoms with Gasteiger partial charge in [0.15, 0.2) is 0 Å². The van der Waals surface area contributed by atoms with E-state index in [2.05, 4.69) is 53.0 Å². The Balaban J connectivity index is 2.67. The molecule has 1 aromatic carbocycles. The lowest BCUT2D eigenvalue weighted by Gasteiger charge is -2.14. The molecular formula is C13H20BrNO. The molecular weight excluding hydrogens is 266 g/mol. The van der Waals surface area contributed by atoms with Crippen LogP contribution < -0.4 is 4.74 Å². The zero-order valence-electron chi connectivity index (χ0n) is 10.3.